The number of hydrogen-bond donors (Lipinski definition) is 7. The minimum Gasteiger partial charge on any atom is -0.394 e. The van der Waals surface area contributed by atoms with Gasteiger partial charge in [0.2, 0.25) is 5.91 Å². The summed E-state index contributed by atoms with van der Waals surface area (Å²) in [6, 6.07) is -0.987. The molecular formula is C62H123NO9. The molecule has 1 heterocycles. The maximum atomic E-state index is 13.1. The molecule has 1 aliphatic rings. The van der Waals surface area contributed by atoms with Gasteiger partial charge in [0, 0.05) is 6.42 Å². The normalized spacial score (nSPS) is 19.5. The Morgan fingerprint density at radius 3 is 1.03 bits per heavy atom. The average Bonchev–Trinajstić information content (AvgIpc) is 3.38. The smallest absolute Gasteiger partial charge is 0.220 e. The number of rotatable bonds is 56. The van der Waals surface area contributed by atoms with E-state index in [0.29, 0.717) is 6.42 Å². The predicted octanol–water partition coefficient (Wildman–Crippen LogP) is 15.2. The summed E-state index contributed by atoms with van der Waals surface area (Å²) in [5.74, 6) is -0.249. The lowest BCUT2D eigenvalue weighted by atomic mass is 9.98. The van der Waals surface area contributed by atoms with Crippen molar-refractivity contribution in [2.45, 2.75) is 377 Å². The van der Waals surface area contributed by atoms with Crippen molar-refractivity contribution >= 4 is 5.91 Å². The third-order valence-corrected chi connectivity index (χ3v) is 15.8. The average molecular weight is 1030 g/mol. The Morgan fingerprint density at radius 2 is 0.722 bits per heavy atom. The third-order valence-electron chi connectivity index (χ3n) is 15.8. The Hall–Kier alpha value is -0.850. The first kappa shape index (κ1) is 69.2. The summed E-state index contributed by atoms with van der Waals surface area (Å²) in [6.45, 7) is 3.67. The molecule has 10 nitrogen and oxygen atoms in total. The van der Waals surface area contributed by atoms with Gasteiger partial charge in [-0.1, -0.05) is 309 Å². The lowest BCUT2D eigenvalue weighted by Crippen LogP contribution is -2.60. The maximum absolute atomic E-state index is 13.1. The van der Waals surface area contributed by atoms with Crippen LogP contribution in [-0.4, -0.2) is 98.7 Å². The Morgan fingerprint density at radius 1 is 0.431 bits per heavy atom. The number of unbranched alkanes of at least 4 members (excludes halogenated alkanes) is 45. The lowest BCUT2D eigenvalue weighted by molar-refractivity contribution is -0.303. The van der Waals surface area contributed by atoms with E-state index in [-0.39, 0.29) is 18.9 Å². The second kappa shape index (κ2) is 52.2. The van der Waals surface area contributed by atoms with Gasteiger partial charge in [0.25, 0.3) is 0 Å². The van der Waals surface area contributed by atoms with Gasteiger partial charge in [-0.05, 0) is 12.8 Å². The molecule has 72 heavy (non-hydrogen) atoms. The molecule has 1 aliphatic heterocycles. The van der Waals surface area contributed by atoms with Crippen LogP contribution in [0.25, 0.3) is 0 Å². The molecule has 0 saturated carbocycles. The number of aliphatic hydroxyl groups excluding tert-OH is 6. The molecule has 0 aromatic carbocycles. The standard InChI is InChI=1S/C62H123NO9/c1-3-5-7-9-11-13-15-17-19-21-22-23-24-25-26-27-28-29-30-31-32-33-34-35-37-39-41-43-45-47-49-51-57(66)63-54(53-71-62-61(70)60(69)59(68)56(52-64)72-62)58(67)55(65)50-48-46-44-42-40-38-36-20-18-16-14-12-10-8-6-4-2/h54-56,58-62,64-65,67-70H,3-53H2,1-2H3,(H,63,66)/t54-,55+,56+,58-,59+,60?,61?,62+/m0/s1. The monoisotopic (exact) mass is 1030 g/mol. The van der Waals surface area contributed by atoms with Crippen molar-refractivity contribution in [3.63, 3.8) is 0 Å². The van der Waals surface area contributed by atoms with Gasteiger partial charge in [0.1, 0.15) is 30.5 Å². The summed E-state index contributed by atoms with van der Waals surface area (Å²) in [6.07, 6.45) is 52.9. The third kappa shape index (κ3) is 40.4. The van der Waals surface area contributed by atoms with E-state index >= 15 is 0 Å². The van der Waals surface area contributed by atoms with Gasteiger partial charge in [-0.2, -0.15) is 0 Å². The first-order valence-corrected chi connectivity index (χ1v) is 31.8. The van der Waals surface area contributed by atoms with Crippen molar-refractivity contribution in [3.8, 4) is 0 Å². The van der Waals surface area contributed by atoms with Crippen LogP contribution >= 0.6 is 0 Å². The van der Waals surface area contributed by atoms with Crippen molar-refractivity contribution in [1.29, 1.82) is 0 Å². The van der Waals surface area contributed by atoms with E-state index < -0.39 is 55.6 Å². The quantitative estimate of drug-likeness (QED) is 0.0293. The van der Waals surface area contributed by atoms with Crippen molar-refractivity contribution in [2.75, 3.05) is 13.2 Å². The molecule has 8 atom stereocenters. The highest BCUT2D eigenvalue weighted by Crippen LogP contribution is 2.24. The van der Waals surface area contributed by atoms with Crippen LogP contribution in [0.1, 0.15) is 328 Å². The van der Waals surface area contributed by atoms with Gasteiger partial charge in [-0.15, -0.1) is 0 Å². The van der Waals surface area contributed by atoms with E-state index in [1.807, 2.05) is 0 Å². The Bertz CT molecular complexity index is 1110. The fourth-order valence-corrected chi connectivity index (χ4v) is 10.7. The molecule has 0 aliphatic carbocycles. The molecular weight excluding hydrogens is 903 g/mol. The minimum absolute atomic E-state index is 0.249. The summed E-state index contributed by atoms with van der Waals surface area (Å²) in [4.78, 5) is 13.1. The van der Waals surface area contributed by atoms with E-state index in [9.17, 15) is 35.4 Å². The molecule has 1 saturated heterocycles. The second-order valence-electron chi connectivity index (χ2n) is 22.7. The van der Waals surface area contributed by atoms with E-state index in [4.69, 9.17) is 9.47 Å². The number of carbonyl (C=O) groups is 1. The van der Waals surface area contributed by atoms with Gasteiger partial charge in [0.15, 0.2) is 6.29 Å². The van der Waals surface area contributed by atoms with Crippen LogP contribution in [0.5, 0.6) is 0 Å². The molecule has 1 amide bonds. The predicted molar refractivity (Wildman–Crippen MR) is 301 cm³/mol. The number of amides is 1. The van der Waals surface area contributed by atoms with Crippen molar-refractivity contribution in [3.05, 3.63) is 0 Å². The van der Waals surface area contributed by atoms with Crippen LogP contribution in [0.4, 0.5) is 0 Å². The zero-order chi connectivity index (χ0) is 52.4. The highest BCUT2D eigenvalue weighted by molar-refractivity contribution is 5.76. The molecule has 0 bridgehead atoms. The zero-order valence-corrected chi connectivity index (χ0v) is 47.6. The summed E-state index contributed by atoms with van der Waals surface area (Å²) < 4.78 is 11.2. The fourth-order valence-electron chi connectivity index (χ4n) is 10.7. The van der Waals surface area contributed by atoms with Crippen LogP contribution < -0.4 is 5.32 Å². The Kier molecular flexibility index (Phi) is 50.2. The first-order chi connectivity index (χ1) is 35.3. The van der Waals surface area contributed by atoms with Gasteiger partial charge >= 0.3 is 0 Å². The molecule has 0 spiro atoms. The van der Waals surface area contributed by atoms with Gasteiger partial charge < -0.3 is 45.4 Å². The van der Waals surface area contributed by atoms with Crippen LogP contribution in [0.3, 0.4) is 0 Å². The van der Waals surface area contributed by atoms with Crippen molar-refractivity contribution < 1.29 is 44.9 Å². The van der Waals surface area contributed by atoms with Gasteiger partial charge in [-0.3, -0.25) is 4.79 Å². The number of nitrogens with one attached hydrogen (secondary N) is 1. The molecule has 430 valence electrons. The molecule has 1 fully saturated rings. The highest BCUT2D eigenvalue weighted by atomic mass is 16.7. The topological polar surface area (TPSA) is 169 Å². The van der Waals surface area contributed by atoms with E-state index in [1.165, 1.54) is 263 Å². The second-order valence-corrected chi connectivity index (χ2v) is 22.7. The highest BCUT2D eigenvalue weighted by Gasteiger charge is 2.44. The molecule has 2 unspecified atom stereocenters. The molecule has 0 aromatic rings. The maximum Gasteiger partial charge on any atom is 0.220 e. The zero-order valence-electron chi connectivity index (χ0n) is 47.6. The van der Waals surface area contributed by atoms with Gasteiger partial charge in [0.05, 0.1) is 25.4 Å². The van der Waals surface area contributed by atoms with Crippen LogP contribution in [0.15, 0.2) is 0 Å². The van der Waals surface area contributed by atoms with Crippen molar-refractivity contribution in [1.82, 2.24) is 5.32 Å². The van der Waals surface area contributed by atoms with E-state index in [0.717, 1.165) is 38.5 Å². The minimum atomic E-state index is -1.60. The first-order valence-electron chi connectivity index (χ1n) is 31.8. The van der Waals surface area contributed by atoms with Crippen LogP contribution in [0.2, 0.25) is 0 Å². The van der Waals surface area contributed by atoms with Crippen molar-refractivity contribution in [2.24, 2.45) is 0 Å². The van der Waals surface area contributed by atoms with Crippen LogP contribution in [-0.2, 0) is 14.3 Å². The molecule has 0 radical (unpaired) electrons. The molecule has 1 rings (SSSR count). The van der Waals surface area contributed by atoms with E-state index in [2.05, 4.69) is 19.2 Å². The van der Waals surface area contributed by atoms with E-state index in [1.54, 1.807) is 0 Å². The summed E-state index contributed by atoms with van der Waals surface area (Å²) in [7, 11) is 0. The summed E-state index contributed by atoms with van der Waals surface area (Å²) in [5, 5.41) is 65.6. The number of carbonyl (C=O) groups excluding carboxylic acids is 1. The van der Waals surface area contributed by atoms with Gasteiger partial charge in [-0.25, -0.2) is 0 Å². The molecule has 7 N–H and O–H groups in total. The SMILES string of the molecule is CCCCCCCCCCCCCCCCCCCCCCCCCCCCCCCCCC(=O)N[C@@H](CO[C@@H]1O[C@H](CO)[C@@H](O)C(O)C1O)[C@H](O)[C@H](O)CCCCCCCCCCCCCCCCCC. The largest absolute Gasteiger partial charge is 0.394 e. The summed E-state index contributed by atoms with van der Waals surface area (Å²) in [5.41, 5.74) is 0. The Labute approximate surface area is 445 Å². The lowest BCUT2D eigenvalue weighted by Gasteiger charge is -2.40. The summed E-state index contributed by atoms with van der Waals surface area (Å²) >= 11 is 0. The number of ether oxygens (including phenoxy) is 2. The van der Waals surface area contributed by atoms with Crippen LogP contribution in [0, 0.1) is 0 Å². The molecule has 0 aromatic heterocycles. The fraction of sp³-hybridized carbons (Fsp3) is 0.984. The number of aliphatic hydroxyl groups is 6. The Balaban J connectivity index is 2.14. The molecule has 10 heteroatoms. The number of hydrogen-bond acceptors (Lipinski definition) is 9.